The summed E-state index contributed by atoms with van der Waals surface area (Å²) in [4.78, 5) is 4.04. The summed E-state index contributed by atoms with van der Waals surface area (Å²) in [6.45, 7) is 7.31. The molecule has 0 aliphatic carbocycles. The molecule has 1 unspecified atom stereocenters. The van der Waals surface area contributed by atoms with E-state index in [2.05, 4.69) is 50.8 Å². The Kier molecular flexibility index (Phi) is 5.80. The first-order chi connectivity index (χ1) is 9.79. The second-order valence-electron chi connectivity index (χ2n) is 5.23. The summed E-state index contributed by atoms with van der Waals surface area (Å²) < 4.78 is 4.17. The Morgan fingerprint density at radius 1 is 1.30 bits per heavy atom. The summed E-state index contributed by atoms with van der Waals surface area (Å²) in [6, 6.07) is 2.59. The third-order valence-corrected chi connectivity index (χ3v) is 3.59. The molecule has 0 bridgehead atoms. The van der Waals surface area contributed by atoms with E-state index in [4.69, 9.17) is 0 Å². The fourth-order valence-electron chi connectivity index (χ4n) is 2.08. The van der Waals surface area contributed by atoms with Gasteiger partial charge in [-0.2, -0.15) is 5.10 Å². The van der Waals surface area contributed by atoms with Gasteiger partial charge in [0.1, 0.15) is 0 Å². The van der Waals surface area contributed by atoms with Crippen molar-refractivity contribution in [1.82, 2.24) is 24.6 Å². The fourth-order valence-corrected chi connectivity index (χ4v) is 2.08. The molecule has 2 rings (SSSR count). The van der Waals surface area contributed by atoms with Gasteiger partial charge in [-0.05, 0) is 38.8 Å². The lowest BCUT2D eigenvalue weighted by molar-refractivity contribution is 0.470. The summed E-state index contributed by atoms with van der Waals surface area (Å²) in [7, 11) is 0. The molecule has 0 aromatic carbocycles. The Morgan fingerprint density at radius 3 is 2.95 bits per heavy atom. The first kappa shape index (κ1) is 14.8. The molecule has 20 heavy (non-hydrogen) atoms. The van der Waals surface area contributed by atoms with Gasteiger partial charge in [0.2, 0.25) is 0 Å². The molecule has 5 heteroatoms. The van der Waals surface area contributed by atoms with Crippen molar-refractivity contribution in [3.63, 3.8) is 0 Å². The standard InChI is InChI=1S/C15H25N5/c1-3-14(2)20-10-6-15(18-20)12-16-7-4-5-9-19-11-8-17-13-19/h6,8,10-11,13-14,16H,3-5,7,9,12H2,1-2H3. The zero-order chi connectivity index (χ0) is 14.2. The summed E-state index contributed by atoms with van der Waals surface area (Å²) in [5.74, 6) is 0. The van der Waals surface area contributed by atoms with Crippen LogP contribution >= 0.6 is 0 Å². The molecule has 0 spiro atoms. The van der Waals surface area contributed by atoms with E-state index >= 15 is 0 Å². The topological polar surface area (TPSA) is 47.7 Å². The first-order valence-electron chi connectivity index (χ1n) is 7.50. The van der Waals surface area contributed by atoms with E-state index < -0.39 is 0 Å². The van der Waals surface area contributed by atoms with Gasteiger partial charge in [0.05, 0.1) is 12.0 Å². The highest BCUT2D eigenvalue weighted by Gasteiger charge is 2.03. The Morgan fingerprint density at radius 2 is 2.20 bits per heavy atom. The van der Waals surface area contributed by atoms with Crippen molar-refractivity contribution < 1.29 is 0 Å². The number of aromatic nitrogens is 4. The third kappa shape index (κ3) is 4.49. The summed E-state index contributed by atoms with van der Waals surface area (Å²) in [6.07, 6.45) is 11.2. The SMILES string of the molecule is CCC(C)n1ccc(CNCCCCn2ccnc2)n1. The Labute approximate surface area is 121 Å². The quantitative estimate of drug-likeness (QED) is 0.716. The van der Waals surface area contributed by atoms with Crippen LogP contribution in [0.1, 0.15) is 44.8 Å². The number of nitrogens with zero attached hydrogens (tertiary/aromatic N) is 4. The number of unbranched alkanes of at least 4 members (excludes halogenated alkanes) is 1. The number of nitrogens with one attached hydrogen (secondary N) is 1. The number of hydrogen-bond acceptors (Lipinski definition) is 3. The molecule has 1 N–H and O–H groups in total. The lowest BCUT2D eigenvalue weighted by Gasteiger charge is -2.08. The predicted molar refractivity (Wildman–Crippen MR) is 80.4 cm³/mol. The molecule has 1 atom stereocenters. The van der Waals surface area contributed by atoms with Gasteiger partial charge in [0.15, 0.2) is 0 Å². The average Bonchev–Trinajstić information content (AvgIpc) is 3.13. The molecule has 110 valence electrons. The maximum atomic E-state index is 4.58. The van der Waals surface area contributed by atoms with Gasteiger partial charge >= 0.3 is 0 Å². The summed E-state index contributed by atoms with van der Waals surface area (Å²) >= 11 is 0. The Bertz CT molecular complexity index is 474. The van der Waals surface area contributed by atoms with Crippen molar-refractivity contribution in [2.75, 3.05) is 6.54 Å². The van der Waals surface area contributed by atoms with Crippen LogP contribution in [0.25, 0.3) is 0 Å². The highest BCUT2D eigenvalue weighted by Crippen LogP contribution is 2.08. The van der Waals surface area contributed by atoms with Gasteiger partial charge in [-0.1, -0.05) is 6.92 Å². The highest BCUT2D eigenvalue weighted by molar-refractivity contribution is 4.99. The molecule has 0 amide bonds. The maximum absolute atomic E-state index is 4.58. The fraction of sp³-hybridized carbons (Fsp3) is 0.600. The minimum Gasteiger partial charge on any atom is -0.337 e. The minimum atomic E-state index is 0.485. The van der Waals surface area contributed by atoms with Crippen molar-refractivity contribution in [2.45, 2.75) is 52.2 Å². The number of rotatable bonds is 9. The van der Waals surface area contributed by atoms with E-state index in [0.29, 0.717) is 6.04 Å². The van der Waals surface area contributed by atoms with Crippen LogP contribution in [0.15, 0.2) is 31.0 Å². The van der Waals surface area contributed by atoms with Gasteiger partial charge in [0.25, 0.3) is 0 Å². The molecule has 2 heterocycles. The van der Waals surface area contributed by atoms with Crippen LogP contribution in [0.5, 0.6) is 0 Å². The minimum absolute atomic E-state index is 0.485. The van der Waals surface area contributed by atoms with Gasteiger partial charge in [0, 0.05) is 37.7 Å². The van der Waals surface area contributed by atoms with Crippen molar-refractivity contribution in [3.8, 4) is 0 Å². The summed E-state index contributed by atoms with van der Waals surface area (Å²) in [5.41, 5.74) is 1.12. The van der Waals surface area contributed by atoms with Crippen molar-refractivity contribution in [1.29, 1.82) is 0 Å². The summed E-state index contributed by atoms with van der Waals surface area (Å²) in [5, 5.41) is 8.03. The van der Waals surface area contributed by atoms with E-state index in [1.807, 2.05) is 18.7 Å². The van der Waals surface area contributed by atoms with E-state index in [-0.39, 0.29) is 0 Å². The Hall–Kier alpha value is -1.62. The van der Waals surface area contributed by atoms with Crippen LogP contribution in [-0.2, 0) is 13.1 Å². The lowest BCUT2D eigenvalue weighted by atomic mass is 10.3. The molecule has 2 aromatic heterocycles. The maximum Gasteiger partial charge on any atom is 0.0945 e. The molecule has 0 aliphatic rings. The van der Waals surface area contributed by atoms with Crippen LogP contribution in [-0.4, -0.2) is 25.9 Å². The number of hydrogen-bond donors (Lipinski definition) is 1. The monoisotopic (exact) mass is 275 g/mol. The molecule has 0 radical (unpaired) electrons. The van der Waals surface area contributed by atoms with E-state index in [9.17, 15) is 0 Å². The molecule has 0 fully saturated rings. The van der Waals surface area contributed by atoms with Gasteiger partial charge in [-0.25, -0.2) is 4.98 Å². The molecule has 0 saturated carbocycles. The zero-order valence-corrected chi connectivity index (χ0v) is 12.5. The van der Waals surface area contributed by atoms with E-state index in [0.717, 1.165) is 31.7 Å². The molecule has 0 aliphatic heterocycles. The molecular weight excluding hydrogens is 250 g/mol. The van der Waals surface area contributed by atoms with Crippen LogP contribution in [0, 0.1) is 0 Å². The number of aryl methyl sites for hydroxylation is 1. The predicted octanol–water partition coefficient (Wildman–Crippen LogP) is 2.62. The van der Waals surface area contributed by atoms with Gasteiger partial charge < -0.3 is 9.88 Å². The van der Waals surface area contributed by atoms with E-state index in [1.54, 1.807) is 0 Å². The molecule has 0 saturated heterocycles. The normalized spacial score (nSPS) is 12.7. The second kappa shape index (κ2) is 7.85. The average molecular weight is 275 g/mol. The lowest BCUT2D eigenvalue weighted by Crippen LogP contribution is -2.16. The van der Waals surface area contributed by atoms with E-state index in [1.165, 1.54) is 12.8 Å². The first-order valence-corrected chi connectivity index (χ1v) is 7.50. The third-order valence-electron chi connectivity index (χ3n) is 3.59. The second-order valence-corrected chi connectivity index (χ2v) is 5.23. The zero-order valence-electron chi connectivity index (χ0n) is 12.5. The van der Waals surface area contributed by atoms with Crippen molar-refractivity contribution >= 4 is 0 Å². The van der Waals surface area contributed by atoms with Crippen LogP contribution < -0.4 is 5.32 Å². The Balaban J connectivity index is 1.57. The molecule has 2 aromatic rings. The smallest absolute Gasteiger partial charge is 0.0945 e. The van der Waals surface area contributed by atoms with Crippen molar-refractivity contribution in [2.24, 2.45) is 0 Å². The highest BCUT2D eigenvalue weighted by atomic mass is 15.3. The van der Waals surface area contributed by atoms with Crippen LogP contribution in [0.3, 0.4) is 0 Å². The molecule has 5 nitrogen and oxygen atoms in total. The molecular formula is C15H25N5. The van der Waals surface area contributed by atoms with Crippen LogP contribution in [0.2, 0.25) is 0 Å². The largest absolute Gasteiger partial charge is 0.337 e. The van der Waals surface area contributed by atoms with Gasteiger partial charge in [-0.3, -0.25) is 4.68 Å². The van der Waals surface area contributed by atoms with Crippen LogP contribution in [0.4, 0.5) is 0 Å². The van der Waals surface area contributed by atoms with Gasteiger partial charge in [-0.15, -0.1) is 0 Å². The number of imidazole rings is 1. The van der Waals surface area contributed by atoms with Crippen molar-refractivity contribution in [3.05, 3.63) is 36.7 Å².